The number of ether oxygens (including phenoxy) is 1. The zero-order valence-corrected chi connectivity index (χ0v) is 11.5. The Morgan fingerprint density at radius 2 is 2.21 bits per heavy atom. The second-order valence-electron chi connectivity index (χ2n) is 4.48. The number of methoxy groups -OCH3 is 1. The van der Waals surface area contributed by atoms with Crippen molar-refractivity contribution in [1.29, 1.82) is 0 Å². The number of hydrogen-bond acceptors (Lipinski definition) is 3. The maximum absolute atomic E-state index is 12.6. The summed E-state index contributed by atoms with van der Waals surface area (Å²) in [4.78, 5) is 16.7. The quantitative estimate of drug-likeness (QED) is 0.775. The first-order chi connectivity index (χ1) is 9.17. The smallest absolute Gasteiger partial charge is 0.232 e. The molecule has 1 aromatic carbocycles. The predicted molar refractivity (Wildman–Crippen MR) is 73.7 cm³/mol. The second-order valence-corrected chi connectivity index (χ2v) is 4.48. The van der Waals surface area contributed by atoms with Crippen molar-refractivity contribution in [2.24, 2.45) is 0 Å². The minimum atomic E-state index is -0.0981. The summed E-state index contributed by atoms with van der Waals surface area (Å²) >= 11 is 0. The van der Waals surface area contributed by atoms with E-state index in [-0.39, 0.29) is 5.78 Å². The Morgan fingerprint density at radius 1 is 1.42 bits per heavy atom. The van der Waals surface area contributed by atoms with Crippen LogP contribution in [0.25, 0.3) is 0 Å². The topological polar surface area (TPSA) is 44.1 Å². The molecule has 19 heavy (non-hydrogen) atoms. The third kappa shape index (κ3) is 2.67. The lowest BCUT2D eigenvalue weighted by molar-refractivity contribution is 0.102. The van der Waals surface area contributed by atoms with Crippen molar-refractivity contribution >= 4 is 5.78 Å². The van der Waals surface area contributed by atoms with E-state index in [4.69, 9.17) is 4.74 Å². The van der Waals surface area contributed by atoms with E-state index >= 15 is 0 Å². The number of hydrogen-bond donors (Lipinski definition) is 0. The van der Waals surface area contributed by atoms with Crippen LogP contribution in [0.5, 0.6) is 5.75 Å². The summed E-state index contributed by atoms with van der Waals surface area (Å²) in [6.45, 7) is 4.81. The minimum Gasteiger partial charge on any atom is -0.496 e. The molecule has 100 valence electrons. The highest BCUT2D eigenvalue weighted by Gasteiger charge is 2.19. The van der Waals surface area contributed by atoms with Gasteiger partial charge in [-0.1, -0.05) is 18.6 Å². The van der Waals surface area contributed by atoms with Gasteiger partial charge in [-0.2, -0.15) is 0 Å². The van der Waals surface area contributed by atoms with Crippen molar-refractivity contribution < 1.29 is 9.53 Å². The van der Waals surface area contributed by atoms with Gasteiger partial charge in [0.25, 0.3) is 0 Å². The van der Waals surface area contributed by atoms with Crippen LogP contribution in [0.3, 0.4) is 0 Å². The van der Waals surface area contributed by atoms with Gasteiger partial charge in [-0.05, 0) is 25.5 Å². The number of benzene rings is 1. The van der Waals surface area contributed by atoms with Gasteiger partial charge in [-0.15, -0.1) is 0 Å². The number of rotatable bonds is 5. The van der Waals surface area contributed by atoms with Crippen molar-refractivity contribution in [3.05, 3.63) is 47.5 Å². The molecule has 2 rings (SSSR count). The summed E-state index contributed by atoms with van der Waals surface area (Å²) in [6.07, 6.45) is 4.45. The van der Waals surface area contributed by atoms with Crippen molar-refractivity contribution in [3.63, 3.8) is 0 Å². The zero-order chi connectivity index (χ0) is 13.8. The highest BCUT2D eigenvalue weighted by Crippen LogP contribution is 2.22. The number of ketones is 1. The third-order valence-electron chi connectivity index (χ3n) is 2.98. The Hall–Kier alpha value is -2.10. The van der Waals surface area contributed by atoms with Gasteiger partial charge in [0.15, 0.2) is 5.82 Å². The molecule has 0 saturated carbocycles. The fourth-order valence-corrected chi connectivity index (χ4v) is 2.06. The first-order valence-corrected chi connectivity index (χ1v) is 6.37. The highest BCUT2D eigenvalue weighted by molar-refractivity contribution is 6.08. The SMILES string of the molecule is CCCn1ccnc1C(=O)c1cc(C)ccc1OC. The minimum absolute atomic E-state index is 0.0981. The number of aryl methyl sites for hydroxylation is 2. The molecule has 0 radical (unpaired) electrons. The van der Waals surface area contributed by atoms with E-state index < -0.39 is 0 Å². The largest absolute Gasteiger partial charge is 0.496 e. The summed E-state index contributed by atoms with van der Waals surface area (Å²) in [7, 11) is 1.57. The number of imidazole rings is 1. The second kappa shape index (κ2) is 5.69. The van der Waals surface area contributed by atoms with Crippen molar-refractivity contribution in [3.8, 4) is 5.75 Å². The lowest BCUT2D eigenvalue weighted by Gasteiger charge is -2.09. The van der Waals surface area contributed by atoms with Crippen LogP contribution in [0, 0.1) is 6.92 Å². The van der Waals surface area contributed by atoms with Crippen molar-refractivity contribution in [2.45, 2.75) is 26.8 Å². The average Bonchev–Trinajstić information content (AvgIpc) is 2.86. The zero-order valence-electron chi connectivity index (χ0n) is 11.5. The summed E-state index contributed by atoms with van der Waals surface area (Å²) in [5.74, 6) is 0.950. The molecule has 0 bridgehead atoms. The van der Waals surface area contributed by atoms with Gasteiger partial charge in [-0.25, -0.2) is 4.98 Å². The Labute approximate surface area is 113 Å². The molecular formula is C15H18N2O2. The van der Waals surface area contributed by atoms with Crippen molar-refractivity contribution in [2.75, 3.05) is 7.11 Å². The van der Waals surface area contributed by atoms with Crippen LogP contribution in [-0.2, 0) is 6.54 Å². The van der Waals surface area contributed by atoms with Crippen LogP contribution in [0.1, 0.15) is 35.1 Å². The number of nitrogens with zero attached hydrogens (tertiary/aromatic N) is 2. The standard InChI is InChI=1S/C15H18N2O2/c1-4-8-17-9-7-16-15(17)14(18)12-10-11(2)5-6-13(12)19-3/h5-7,9-10H,4,8H2,1-3H3. The van der Waals surface area contributed by atoms with Crippen LogP contribution in [0.15, 0.2) is 30.6 Å². The van der Waals surface area contributed by atoms with E-state index in [1.54, 1.807) is 13.3 Å². The number of aromatic nitrogens is 2. The average molecular weight is 258 g/mol. The first-order valence-electron chi connectivity index (χ1n) is 6.37. The first kappa shape index (κ1) is 13.3. The van der Waals surface area contributed by atoms with E-state index in [2.05, 4.69) is 11.9 Å². The molecule has 0 saturated heterocycles. The van der Waals surface area contributed by atoms with E-state index in [9.17, 15) is 4.79 Å². The Bertz CT molecular complexity index is 588. The van der Waals surface area contributed by atoms with E-state index in [1.807, 2.05) is 35.9 Å². The Morgan fingerprint density at radius 3 is 2.89 bits per heavy atom. The molecule has 0 amide bonds. The van der Waals surface area contributed by atoms with Gasteiger partial charge in [0.2, 0.25) is 5.78 Å². The molecular weight excluding hydrogens is 240 g/mol. The van der Waals surface area contributed by atoms with Gasteiger partial charge in [0.05, 0.1) is 12.7 Å². The molecule has 4 heteroatoms. The van der Waals surface area contributed by atoms with Crippen LogP contribution >= 0.6 is 0 Å². The highest BCUT2D eigenvalue weighted by atomic mass is 16.5. The van der Waals surface area contributed by atoms with E-state index in [0.29, 0.717) is 17.1 Å². The van der Waals surface area contributed by atoms with Crippen molar-refractivity contribution in [1.82, 2.24) is 9.55 Å². The van der Waals surface area contributed by atoms with Crippen LogP contribution in [0.2, 0.25) is 0 Å². The molecule has 0 aliphatic rings. The van der Waals surface area contributed by atoms with Crippen LogP contribution in [0.4, 0.5) is 0 Å². The maximum Gasteiger partial charge on any atom is 0.232 e. The van der Waals surface area contributed by atoms with Gasteiger partial charge in [0.1, 0.15) is 5.75 Å². The maximum atomic E-state index is 12.6. The molecule has 1 aromatic heterocycles. The molecule has 0 unspecified atom stereocenters. The summed E-state index contributed by atoms with van der Waals surface area (Å²) in [5.41, 5.74) is 1.59. The molecule has 0 N–H and O–H groups in total. The fraction of sp³-hybridized carbons (Fsp3) is 0.333. The van der Waals surface area contributed by atoms with Gasteiger partial charge in [-0.3, -0.25) is 4.79 Å². The summed E-state index contributed by atoms with van der Waals surface area (Å²) in [6, 6.07) is 5.58. The van der Waals surface area contributed by atoms with Gasteiger partial charge >= 0.3 is 0 Å². The third-order valence-corrected chi connectivity index (χ3v) is 2.98. The molecule has 2 aromatic rings. The number of carbonyl (C=O) groups is 1. The van der Waals surface area contributed by atoms with Gasteiger partial charge in [0, 0.05) is 18.9 Å². The molecule has 0 aliphatic carbocycles. The molecule has 0 spiro atoms. The van der Waals surface area contributed by atoms with E-state index in [0.717, 1.165) is 18.5 Å². The monoisotopic (exact) mass is 258 g/mol. The summed E-state index contributed by atoms with van der Waals surface area (Å²) in [5, 5.41) is 0. The predicted octanol–water partition coefficient (Wildman–Crippen LogP) is 2.84. The Balaban J connectivity index is 2.43. The lowest BCUT2D eigenvalue weighted by atomic mass is 10.1. The molecule has 0 atom stereocenters. The molecule has 1 heterocycles. The molecule has 0 fully saturated rings. The van der Waals surface area contributed by atoms with E-state index in [1.165, 1.54) is 0 Å². The molecule has 0 aliphatic heterocycles. The summed E-state index contributed by atoms with van der Waals surface area (Å²) < 4.78 is 7.14. The lowest BCUT2D eigenvalue weighted by Crippen LogP contribution is -2.12. The normalized spacial score (nSPS) is 10.5. The van der Waals surface area contributed by atoms with Crippen LogP contribution < -0.4 is 4.74 Å². The Kier molecular flexibility index (Phi) is 4.00. The molecule has 4 nitrogen and oxygen atoms in total. The number of carbonyl (C=O) groups excluding carboxylic acids is 1. The van der Waals surface area contributed by atoms with Crippen LogP contribution in [-0.4, -0.2) is 22.4 Å². The van der Waals surface area contributed by atoms with Gasteiger partial charge < -0.3 is 9.30 Å². The fourth-order valence-electron chi connectivity index (χ4n) is 2.06.